The number of methoxy groups -OCH3 is 1. The Balaban J connectivity index is 2.18. The Morgan fingerprint density at radius 3 is 2.50 bits per heavy atom. The normalized spacial score (nSPS) is 31.7. The van der Waals surface area contributed by atoms with Crippen LogP contribution in [0.5, 0.6) is 0 Å². The fourth-order valence-electron chi connectivity index (χ4n) is 3.23. The molecule has 0 radical (unpaired) electrons. The fourth-order valence-corrected chi connectivity index (χ4v) is 3.23. The number of carbonyl (C=O) groups excluding carboxylic acids is 3. The SMILES string of the molecule is CCOC(=O)CCC(NC(=O)C12OC(CO)C(O)C1OC(C)(C)O2)C(=O)OC. The summed E-state index contributed by atoms with van der Waals surface area (Å²) < 4.78 is 26.2. The van der Waals surface area contributed by atoms with Gasteiger partial charge in [0.1, 0.15) is 18.2 Å². The molecule has 2 fully saturated rings. The second-order valence-corrected chi connectivity index (χ2v) is 6.93. The van der Waals surface area contributed by atoms with E-state index < -0.39 is 60.4 Å². The molecule has 28 heavy (non-hydrogen) atoms. The highest BCUT2D eigenvalue weighted by molar-refractivity contribution is 5.90. The molecule has 5 atom stereocenters. The smallest absolute Gasteiger partial charge is 0.328 e. The van der Waals surface area contributed by atoms with Crippen LogP contribution in [0.15, 0.2) is 0 Å². The average molecular weight is 405 g/mol. The maximum absolute atomic E-state index is 13.0. The van der Waals surface area contributed by atoms with Crippen molar-refractivity contribution >= 4 is 17.8 Å². The molecule has 0 aliphatic carbocycles. The fraction of sp³-hybridized carbons (Fsp3) is 0.824. The zero-order valence-corrected chi connectivity index (χ0v) is 16.3. The third-order valence-corrected chi connectivity index (χ3v) is 4.43. The summed E-state index contributed by atoms with van der Waals surface area (Å²) >= 11 is 0. The average Bonchev–Trinajstić information content (AvgIpc) is 3.06. The highest BCUT2D eigenvalue weighted by Gasteiger charge is 2.69. The molecule has 0 saturated carbocycles. The number of rotatable bonds is 8. The third kappa shape index (κ3) is 4.44. The van der Waals surface area contributed by atoms with Crippen molar-refractivity contribution in [2.45, 2.75) is 69.5 Å². The number of hydrogen-bond donors (Lipinski definition) is 3. The van der Waals surface area contributed by atoms with E-state index >= 15 is 0 Å². The summed E-state index contributed by atoms with van der Waals surface area (Å²) in [4.78, 5) is 36.6. The lowest BCUT2D eigenvalue weighted by Gasteiger charge is -2.28. The van der Waals surface area contributed by atoms with Crippen molar-refractivity contribution in [1.29, 1.82) is 0 Å². The summed E-state index contributed by atoms with van der Waals surface area (Å²) in [6, 6.07) is -1.18. The van der Waals surface area contributed by atoms with Gasteiger partial charge >= 0.3 is 11.9 Å². The molecule has 2 saturated heterocycles. The summed E-state index contributed by atoms with van der Waals surface area (Å²) in [5.41, 5.74) is 0. The predicted octanol–water partition coefficient (Wildman–Crippen LogP) is -1.41. The summed E-state index contributed by atoms with van der Waals surface area (Å²) in [6.07, 6.45) is -3.86. The second kappa shape index (κ2) is 8.70. The number of nitrogens with one attached hydrogen (secondary N) is 1. The Morgan fingerprint density at radius 1 is 1.25 bits per heavy atom. The first-order valence-electron chi connectivity index (χ1n) is 8.99. The third-order valence-electron chi connectivity index (χ3n) is 4.43. The number of ether oxygens (including phenoxy) is 5. The van der Waals surface area contributed by atoms with E-state index in [-0.39, 0.29) is 19.4 Å². The molecule has 1 amide bonds. The van der Waals surface area contributed by atoms with E-state index in [2.05, 4.69) is 10.1 Å². The molecule has 3 N–H and O–H groups in total. The number of aliphatic hydroxyl groups is 2. The maximum atomic E-state index is 13.0. The van der Waals surface area contributed by atoms with E-state index in [0.29, 0.717) is 0 Å². The lowest BCUT2D eigenvalue weighted by atomic mass is 10.0. The molecule has 0 aromatic carbocycles. The molecular formula is C17H27NO10. The number of amides is 1. The number of carbonyl (C=O) groups is 3. The van der Waals surface area contributed by atoms with E-state index in [0.717, 1.165) is 7.11 Å². The summed E-state index contributed by atoms with van der Waals surface area (Å²) in [5.74, 6) is -5.52. The van der Waals surface area contributed by atoms with Crippen LogP contribution in [0.25, 0.3) is 0 Å². The van der Waals surface area contributed by atoms with Crippen molar-refractivity contribution in [2.24, 2.45) is 0 Å². The predicted molar refractivity (Wildman–Crippen MR) is 90.5 cm³/mol. The molecule has 0 bridgehead atoms. The van der Waals surface area contributed by atoms with E-state index in [4.69, 9.17) is 18.9 Å². The van der Waals surface area contributed by atoms with Gasteiger partial charge in [0.25, 0.3) is 11.7 Å². The lowest BCUT2D eigenvalue weighted by molar-refractivity contribution is -0.257. The molecule has 0 aromatic heterocycles. The molecule has 5 unspecified atom stereocenters. The maximum Gasteiger partial charge on any atom is 0.328 e. The zero-order chi connectivity index (χ0) is 21.1. The van der Waals surface area contributed by atoms with Crippen molar-refractivity contribution in [3.63, 3.8) is 0 Å². The number of esters is 2. The Kier molecular flexibility index (Phi) is 6.99. The van der Waals surface area contributed by atoms with Crippen LogP contribution in [0.2, 0.25) is 0 Å². The van der Waals surface area contributed by atoms with Gasteiger partial charge in [-0.25, -0.2) is 4.79 Å². The molecule has 0 aromatic rings. The molecule has 11 nitrogen and oxygen atoms in total. The van der Waals surface area contributed by atoms with Gasteiger partial charge in [-0.15, -0.1) is 0 Å². The van der Waals surface area contributed by atoms with Crippen molar-refractivity contribution in [2.75, 3.05) is 20.3 Å². The number of fused-ring (bicyclic) bond motifs is 1. The van der Waals surface area contributed by atoms with Crippen LogP contribution < -0.4 is 5.32 Å². The van der Waals surface area contributed by atoms with Crippen molar-refractivity contribution in [1.82, 2.24) is 5.32 Å². The van der Waals surface area contributed by atoms with Gasteiger partial charge in [0.2, 0.25) is 0 Å². The minimum Gasteiger partial charge on any atom is -0.467 e. The van der Waals surface area contributed by atoms with E-state index in [1.54, 1.807) is 6.92 Å². The Morgan fingerprint density at radius 2 is 1.93 bits per heavy atom. The van der Waals surface area contributed by atoms with Gasteiger partial charge < -0.3 is 39.2 Å². The van der Waals surface area contributed by atoms with Crippen LogP contribution >= 0.6 is 0 Å². The van der Waals surface area contributed by atoms with Gasteiger partial charge in [0.05, 0.1) is 20.3 Å². The molecule has 2 rings (SSSR count). The highest BCUT2D eigenvalue weighted by Crippen LogP contribution is 2.45. The first-order chi connectivity index (χ1) is 13.1. The summed E-state index contributed by atoms with van der Waals surface area (Å²) in [5, 5.41) is 22.1. The van der Waals surface area contributed by atoms with Gasteiger partial charge in [0, 0.05) is 6.42 Å². The van der Waals surface area contributed by atoms with Crippen molar-refractivity contribution in [3.8, 4) is 0 Å². The number of aliphatic hydroxyl groups excluding tert-OH is 2. The quantitative estimate of drug-likeness (QED) is 0.411. The second-order valence-electron chi connectivity index (χ2n) is 6.93. The van der Waals surface area contributed by atoms with Crippen LogP contribution in [0.3, 0.4) is 0 Å². The van der Waals surface area contributed by atoms with Crippen LogP contribution in [0, 0.1) is 0 Å². The van der Waals surface area contributed by atoms with Gasteiger partial charge in [-0.05, 0) is 27.2 Å². The van der Waals surface area contributed by atoms with Gasteiger partial charge in [0.15, 0.2) is 11.9 Å². The first kappa shape index (κ1) is 22.5. The van der Waals surface area contributed by atoms with Crippen LogP contribution in [-0.4, -0.2) is 84.3 Å². The summed E-state index contributed by atoms with van der Waals surface area (Å²) in [7, 11) is 1.14. The minimum absolute atomic E-state index is 0.0752. The van der Waals surface area contributed by atoms with Crippen LogP contribution in [0.4, 0.5) is 0 Å². The molecule has 2 heterocycles. The molecule has 160 valence electrons. The van der Waals surface area contributed by atoms with Gasteiger partial charge in [-0.3, -0.25) is 9.59 Å². The summed E-state index contributed by atoms with van der Waals surface area (Å²) in [6.45, 7) is 4.33. The molecule has 0 spiro atoms. The lowest BCUT2D eigenvalue weighted by Crippen LogP contribution is -2.57. The van der Waals surface area contributed by atoms with Crippen LogP contribution in [-0.2, 0) is 38.1 Å². The Bertz CT molecular complexity index is 609. The van der Waals surface area contributed by atoms with E-state index in [9.17, 15) is 24.6 Å². The first-order valence-corrected chi connectivity index (χ1v) is 8.99. The van der Waals surface area contributed by atoms with Crippen LogP contribution in [0.1, 0.15) is 33.6 Å². The van der Waals surface area contributed by atoms with Crippen molar-refractivity contribution < 1.29 is 48.3 Å². The highest BCUT2D eigenvalue weighted by atomic mass is 16.9. The largest absolute Gasteiger partial charge is 0.467 e. The van der Waals surface area contributed by atoms with Gasteiger partial charge in [-0.1, -0.05) is 0 Å². The molecule has 2 aliphatic rings. The molecule has 11 heteroatoms. The zero-order valence-electron chi connectivity index (χ0n) is 16.3. The van der Waals surface area contributed by atoms with E-state index in [1.807, 2.05) is 0 Å². The van der Waals surface area contributed by atoms with Gasteiger partial charge in [-0.2, -0.15) is 0 Å². The Hall–Kier alpha value is -1.79. The van der Waals surface area contributed by atoms with E-state index in [1.165, 1.54) is 13.8 Å². The molecular weight excluding hydrogens is 378 g/mol. The monoisotopic (exact) mass is 405 g/mol. The topological polar surface area (TPSA) is 150 Å². The minimum atomic E-state index is -2.06. The number of hydrogen-bond acceptors (Lipinski definition) is 10. The van der Waals surface area contributed by atoms with Crippen molar-refractivity contribution in [3.05, 3.63) is 0 Å². The Labute approximate surface area is 162 Å². The molecule has 2 aliphatic heterocycles. The standard InChI is InChI=1S/C17H27NO10/c1-5-25-11(20)7-6-9(14(22)24-4)18-15(23)17-13(27-16(2,3)28-17)12(21)10(8-19)26-17/h9-10,12-13,19,21H,5-8H2,1-4H3,(H,18,23).